The second-order valence-corrected chi connectivity index (χ2v) is 6.97. The predicted octanol–water partition coefficient (Wildman–Crippen LogP) is 2.69. The van der Waals surface area contributed by atoms with Gasteiger partial charge in [-0.1, -0.05) is 0 Å². The van der Waals surface area contributed by atoms with E-state index in [0.29, 0.717) is 11.5 Å². The van der Waals surface area contributed by atoms with Crippen molar-refractivity contribution in [1.82, 2.24) is 14.9 Å². The largest absolute Gasteiger partial charge is 0.466 e. The Morgan fingerprint density at radius 2 is 2.33 bits per heavy atom. The fourth-order valence-electron chi connectivity index (χ4n) is 2.44. The van der Waals surface area contributed by atoms with Crippen molar-refractivity contribution in [3.8, 4) is 11.3 Å². The Morgan fingerprint density at radius 3 is 2.96 bits per heavy atom. The third kappa shape index (κ3) is 3.27. The Morgan fingerprint density at radius 1 is 1.54 bits per heavy atom. The van der Waals surface area contributed by atoms with E-state index in [1.807, 2.05) is 25.5 Å². The molecule has 0 saturated carbocycles. The van der Waals surface area contributed by atoms with E-state index < -0.39 is 5.60 Å². The monoisotopic (exact) mass is 345 g/mol. The van der Waals surface area contributed by atoms with Crippen LogP contribution in [0.2, 0.25) is 0 Å². The van der Waals surface area contributed by atoms with Crippen molar-refractivity contribution < 1.29 is 14.3 Å². The molecule has 0 saturated heterocycles. The summed E-state index contributed by atoms with van der Waals surface area (Å²) in [6.07, 6.45) is 3.36. The molecule has 0 fully saturated rings. The summed E-state index contributed by atoms with van der Waals surface area (Å²) in [5.74, 6) is 0.149. The van der Waals surface area contributed by atoms with Crippen LogP contribution < -0.4 is 5.32 Å². The van der Waals surface area contributed by atoms with Gasteiger partial charge in [-0.15, -0.1) is 11.3 Å². The van der Waals surface area contributed by atoms with E-state index in [-0.39, 0.29) is 12.5 Å². The highest BCUT2D eigenvalue weighted by Crippen LogP contribution is 2.24. The van der Waals surface area contributed by atoms with Gasteiger partial charge in [-0.05, 0) is 32.0 Å². The highest BCUT2D eigenvalue weighted by atomic mass is 32.1. The Hall–Kier alpha value is -2.38. The summed E-state index contributed by atoms with van der Waals surface area (Å²) in [4.78, 5) is 16.9. The summed E-state index contributed by atoms with van der Waals surface area (Å²) in [5, 5.41) is 16.1. The maximum Gasteiger partial charge on any atom is 0.268 e. The number of rotatable bonds is 5. The number of aromatic nitrogens is 2. The lowest BCUT2D eigenvalue weighted by Crippen LogP contribution is -2.38. The van der Waals surface area contributed by atoms with E-state index in [0.717, 1.165) is 16.3 Å². The van der Waals surface area contributed by atoms with E-state index in [1.165, 1.54) is 6.26 Å². The van der Waals surface area contributed by atoms with Gasteiger partial charge < -0.3 is 19.4 Å². The molecular formula is C17H19N3O3S. The lowest BCUT2D eigenvalue weighted by molar-refractivity contribution is 0.0329. The van der Waals surface area contributed by atoms with Crippen LogP contribution in [0.25, 0.3) is 11.3 Å². The Kier molecular flexibility index (Phi) is 4.29. The molecule has 0 aliphatic rings. The molecule has 2 N–H and O–H groups in total. The van der Waals surface area contributed by atoms with Crippen LogP contribution in [-0.2, 0) is 12.6 Å². The number of aryl methyl sites for hydroxylation is 2. The zero-order valence-electron chi connectivity index (χ0n) is 13.7. The summed E-state index contributed by atoms with van der Waals surface area (Å²) >= 11 is 1.57. The van der Waals surface area contributed by atoms with Gasteiger partial charge >= 0.3 is 0 Å². The Bertz CT molecular complexity index is 846. The molecule has 3 heterocycles. The van der Waals surface area contributed by atoms with Gasteiger partial charge in [-0.25, -0.2) is 4.98 Å². The van der Waals surface area contributed by atoms with Crippen molar-refractivity contribution in [2.75, 3.05) is 6.54 Å². The first kappa shape index (κ1) is 16.5. The summed E-state index contributed by atoms with van der Waals surface area (Å²) in [7, 11) is 1.81. The van der Waals surface area contributed by atoms with Gasteiger partial charge in [0.2, 0.25) is 0 Å². The number of furan rings is 1. The normalized spacial score (nSPS) is 13.7. The number of carbonyl (C=O) groups is 1. The van der Waals surface area contributed by atoms with E-state index in [9.17, 15) is 9.90 Å². The Labute approximate surface area is 143 Å². The standard InChI is InChI=1S/C17H19N3O3S/c1-11-19-13(9-24-11)12-7-14(20(3)8-12)16(21)18-10-17(2,22)15-5-4-6-23-15/h4-9,22H,10H2,1-3H3,(H,18,21). The van der Waals surface area contributed by atoms with Crippen molar-refractivity contribution in [2.24, 2.45) is 7.05 Å². The molecule has 1 unspecified atom stereocenters. The molecule has 6 nitrogen and oxygen atoms in total. The van der Waals surface area contributed by atoms with Gasteiger partial charge in [-0.3, -0.25) is 4.79 Å². The summed E-state index contributed by atoms with van der Waals surface area (Å²) < 4.78 is 6.96. The smallest absolute Gasteiger partial charge is 0.268 e. The van der Waals surface area contributed by atoms with Crippen molar-refractivity contribution in [1.29, 1.82) is 0 Å². The van der Waals surface area contributed by atoms with Gasteiger partial charge in [0.15, 0.2) is 0 Å². The lowest BCUT2D eigenvalue weighted by atomic mass is 10.0. The van der Waals surface area contributed by atoms with Crippen molar-refractivity contribution in [3.63, 3.8) is 0 Å². The van der Waals surface area contributed by atoms with Crippen LogP contribution in [0.15, 0.2) is 40.5 Å². The van der Waals surface area contributed by atoms with E-state index in [2.05, 4.69) is 10.3 Å². The highest BCUT2D eigenvalue weighted by molar-refractivity contribution is 7.09. The minimum absolute atomic E-state index is 0.0513. The molecule has 126 valence electrons. The Balaban J connectivity index is 1.73. The van der Waals surface area contributed by atoms with Gasteiger partial charge in [0.05, 0.1) is 23.5 Å². The number of amides is 1. The van der Waals surface area contributed by atoms with E-state index >= 15 is 0 Å². The molecule has 3 rings (SSSR count). The minimum atomic E-state index is -1.26. The second-order valence-electron chi connectivity index (χ2n) is 5.91. The molecule has 0 aliphatic heterocycles. The lowest BCUT2D eigenvalue weighted by Gasteiger charge is -2.21. The van der Waals surface area contributed by atoms with Crippen molar-refractivity contribution >= 4 is 17.2 Å². The highest BCUT2D eigenvalue weighted by Gasteiger charge is 2.27. The van der Waals surface area contributed by atoms with Crippen molar-refractivity contribution in [3.05, 3.63) is 52.5 Å². The molecule has 0 bridgehead atoms. The number of hydrogen-bond acceptors (Lipinski definition) is 5. The topological polar surface area (TPSA) is 80.3 Å². The van der Waals surface area contributed by atoms with Crippen LogP contribution in [0.3, 0.4) is 0 Å². The van der Waals surface area contributed by atoms with Gasteiger partial charge in [-0.2, -0.15) is 0 Å². The molecule has 0 aromatic carbocycles. The van der Waals surface area contributed by atoms with Crippen molar-refractivity contribution in [2.45, 2.75) is 19.4 Å². The maximum atomic E-state index is 12.4. The molecular weight excluding hydrogens is 326 g/mol. The fraction of sp³-hybridized carbons (Fsp3) is 0.294. The van der Waals surface area contributed by atoms with Crippen LogP contribution in [-0.4, -0.2) is 27.1 Å². The first-order valence-electron chi connectivity index (χ1n) is 7.50. The second kappa shape index (κ2) is 6.26. The molecule has 3 aromatic rings. The third-order valence-corrected chi connectivity index (χ3v) is 4.57. The average molecular weight is 345 g/mol. The van der Waals surface area contributed by atoms with Crippen LogP contribution in [0, 0.1) is 6.92 Å². The number of nitrogens with zero attached hydrogens (tertiary/aromatic N) is 2. The molecule has 0 radical (unpaired) electrons. The number of thiazole rings is 1. The average Bonchev–Trinajstić information content (AvgIpc) is 3.25. The number of hydrogen-bond donors (Lipinski definition) is 2. The summed E-state index contributed by atoms with van der Waals surface area (Å²) in [6, 6.07) is 5.17. The quantitative estimate of drug-likeness (QED) is 0.745. The van der Waals surface area contributed by atoms with Gasteiger partial charge in [0, 0.05) is 24.2 Å². The van der Waals surface area contributed by atoms with Gasteiger partial charge in [0.25, 0.3) is 5.91 Å². The molecule has 24 heavy (non-hydrogen) atoms. The molecule has 0 spiro atoms. The maximum absolute atomic E-state index is 12.4. The van der Waals surface area contributed by atoms with Gasteiger partial charge in [0.1, 0.15) is 17.1 Å². The molecule has 7 heteroatoms. The molecule has 3 aromatic heterocycles. The number of nitrogens with one attached hydrogen (secondary N) is 1. The number of aliphatic hydroxyl groups is 1. The zero-order chi connectivity index (χ0) is 17.3. The minimum Gasteiger partial charge on any atom is -0.466 e. The van der Waals surface area contributed by atoms with E-state index in [4.69, 9.17) is 4.42 Å². The third-order valence-electron chi connectivity index (χ3n) is 3.80. The molecule has 1 amide bonds. The first-order valence-corrected chi connectivity index (χ1v) is 8.38. The molecule has 0 aliphatic carbocycles. The van der Waals surface area contributed by atoms with Crippen LogP contribution >= 0.6 is 11.3 Å². The van der Waals surface area contributed by atoms with E-state index in [1.54, 1.807) is 41.0 Å². The predicted molar refractivity (Wildman–Crippen MR) is 91.9 cm³/mol. The fourth-order valence-corrected chi connectivity index (χ4v) is 3.06. The summed E-state index contributed by atoms with van der Waals surface area (Å²) in [6.45, 7) is 3.59. The zero-order valence-corrected chi connectivity index (χ0v) is 14.6. The first-order chi connectivity index (χ1) is 11.4. The summed E-state index contributed by atoms with van der Waals surface area (Å²) in [5.41, 5.74) is 0.990. The molecule has 1 atom stereocenters. The SMILES string of the molecule is Cc1nc(-c2cc(C(=O)NCC(C)(O)c3ccco3)n(C)c2)cs1. The van der Waals surface area contributed by atoms with Crippen LogP contribution in [0.4, 0.5) is 0 Å². The number of carbonyl (C=O) groups excluding carboxylic acids is 1. The van der Waals surface area contributed by atoms with Crippen LogP contribution in [0.1, 0.15) is 28.2 Å². The van der Waals surface area contributed by atoms with Crippen LogP contribution in [0.5, 0.6) is 0 Å².